The van der Waals surface area contributed by atoms with Crippen LogP contribution in [0.3, 0.4) is 0 Å². The first kappa shape index (κ1) is 8.32. The number of fused-ring (bicyclic) bond motifs is 2. The third-order valence-electron chi connectivity index (χ3n) is 2.75. The van der Waals surface area contributed by atoms with E-state index in [0.29, 0.717) is 6.10 Å². The molecular formula is C10H10NO2S+. The van der Waals surface area contributed by atoms with Gasteiger partial charge in [-0.2, -0.15) is 0 Å². The zero-order valence-electron chi connectivity index (χ0n) is 7.55. The zero-order chi connectivity index (χ0) is 9.54. The van der Waals surface area contributed by atoms with Gasteiger partial charge in [-0.15, -0.1) is 0 Å². The number of ether oxygens (including phenoxy) is 1. The summed E-state index contributed by atoms with van der Waals surface area (Å²) in [4.78, 5) is 0. The molecule has 0 aromatic carbocycles. The Morgan fingerprint density at radius 2 is 2.36 bits per heavy atom. The van der Waals surface area contributed by atoms with Gasteiger partial charge in [-0.25, -0.2) is 4.52 Å². The van der Waals surface area contributed by atoms with Gasteiger partial charge in [0.2, 0.25) is 0 Å². The maximum absolute atomic E-state index is 5.70. The lowest BCUT2D eigenvalue weighted by atomic mass is 9.97. The highest BCUT2D eigenvalue weighted by atomic mass is 32.1. The van der Waals surface area contributed by atoms with Crippen LogP contribution < -0.4 is 3.79 Å². The van der Waals surface area contributed by atoms with Crippen molar-refractivity contribution < 1.29 is 13.0 Å². The van der Waals surface area contributed by atoms with Crippen molar-refractivity contribution in [3.05, 3.63) is 30.2 Å². The van der Waals surface area contributed by atoms with Crippen LogP contribution in [0, 0.1) is 0 Å². The Kier molecular flexibility index (Phi) is 1.78. The predicted molar refractivity (Wildman–Crippen MR) is 52.2 cm³/mol. The predicted octanol–water partition coefficient (Wildman–Crippen LogP) is 1.75. The van der Waals surface area contributed by atoms with E-state index in [1.165, 1.54) is 9.36 Å². The van der Waals surface area contributed by atoms with Crippen molar-refractivity contribution in [2.75, 3.05) is 0 Å². The van der Waals surface area contributed by atoms with Crippen LogP contribution in [0.2, 0.25) is 0 Å². The van der Waals surface area contributed by atoms with Gasteiger partial charge < -0.3 is 4.74 Å². The highest BCUT2D eigenvalue weighted by molar-refractivity contribution is 7.66. The molecule has 72 valence electrons. The molecule has 2 aliphatic rings. The first-order valence-corrected chi connectivity index (χ1v) is 5.09. The number of hydrogen-bond acceptors (Lipinski definition) is 3. The Morgan fingerprint density at radius 3 is 3.00 bits per heavy atom. The fourth-order valence-electron chi connectivity index (χ4n) is 2.11. The standard InChI is InChI=1S/C10H10NO2S/c14-11-9(2-1-5-12-11)8-6-7-3-4-10(8)13-7/h1-2,5-7,10H,3-4H2/q+1. The van der Waals surface area contributed by atoms with Crippen LogP contribution in [0.15, 0.2) is 29.0 Å². The van der Waals surface area contributed by atoms with Crippen LogP contribution in [0.4, 0.5) is 0 Å². The van der Waals surface area contributed by atoms with E-state index < -0.39 is 0 Å². The second kappa shape index (κ2) is 3.00. The van der Waals surface area contributed by atoms with E-state index in [2.05, 4.69) is 6.08 Å². The Hall–Kier alpha value is -1.00. The molecule has 0 aliphatic carbocycles. The number of nitrogens with zero attached hydrogens (tertiary/aromatic N) is 1. The fraction of sp³-hybridized carbons (Fsp3) is 0.400. The van der Waals surface area contributed by atoms with Crippen molar-refractivity contribution in [1.29, 1.82) is 0 Å². The van der Waals surface area contributed by atoms with Crippen LogP contribution in [0.5, 0.6) is 0 Å². The van der Waals surface area contributed by atoms with Gasteiger partial charge >= 0.3 is 12.4 Å². The molecule has 1 aromatic heterocycles. The molecule has 1 saturated heterocycles. The van der Waals surface area contributed by atoms with Crippen LogP contribution in [0.1, 0.15) is 18.5 Å². The normalized spacial score (nSPS) is 29.3. The van der Waals surface area contributed by atoms with Gasteiger partial charge in [0.25, 0.3) is 5.69 Å². The van der Waals surface area contributed by atoms with Gasteiger partial charge in [0.1, 0.15) is 3.79 Å². The lowest BCUT2D eigenvalue weighted by molar-refractivity contribution is -0.663. The summed E-state index contributed by atoms with van der Waals surface area (Å²) in [6, 6.07) is 3.82. The summed E-state index contributed by atoms with van der Waals surface area (Å²) in [6.07, 6.45) is 6.49. The van der Waals surface area contributed by atoms with Crippen LogP contribution >= 0.6 is 12.4 Å². The van der Waals surface area contributed by atoms with E-state index in [4.69, 9.17) is 21.7 Å². The summed E-state index contributed by atoms with van der Waals surface area (Å²) >= 11 is 5.06. The average molecular weight is 208 g/mol. The molecule has 0 spiro atoms. The summed E-state index contributed by atoms with van der Waals surface area (Å²) < 4.78 is 12.2. The Bertz CT molecular complexity index is 451. The Morgan fingerprint density at radius 1 is 1.43 bits per heavy atom. The monoisotopic (exact) mass is 208 g/mol. The van der Waals surface area contributed by atoms with E-state index in [1.807, 2.05) is 12.1 Å². The van der Waals surface area contributed by atoms with Gasteiger partial charge in [0.05, 0.1) is 17.8 Å². The summed E-state index contributed by atoms with van der Waals surface area (Å²) in [6.45, 7) is 0. The molecule has 2 unspecified atom stereocenters. The fourth-order valence-corrected chi connectivity index (χ4v) is 2.33. The molecule has 3 nitrogen and oxygen atoms in total. The van der Waals surface area contributed by atoms with Crippen molar-refractivity contribution in [3.8, 4) is 0 Å². The molecule has 1 fully saturated rings. The molecule has 2 atom stereocenters. The Labute approximate surface area is 86.8 Å². The third-order valence-corrected chi connectivity index (χ3v) is 3.03. The molecule has 0 amide bonds. The molecular weight excluding hydrogens is 198 g/mol. The Balaban J connectivity index is 2.09. The number of hydrogen-bond donors (Lipinski definition) is 0. The molecule has 2 bridgehead atoms. The first-order valence-electron chi connectivity index (χ1n) is 4.73. The first-order chi connectivity index (χ1) is 6.84. The van der Waals surface area contributed by atoms with Crippen molar-refractivity contribution in [3.63, 3.8) is 0 Å². The minimum Gasteiger partial charge on any atom is -0.366 e. The largest absolute Gasteiger partial charge is 0.366 e. The summed E-state index contributed by atoms with van der Waals surface area (Å²) in [5, 5.41) is 0. The molecule has 0 saturated carbocycles. The molecule has 1 aromatic rings. The highest BCUT2D eigenvalue weighted by Crippen LogP contribution is 2.37. The summed E-state index contributed by atoms with van der Waals surface area (Å²) in [5.74, 6) is 0. The van der Waals surface area contributed by atoms with Crippen LogP contribution in [0.25, 0.3) is 5.57 Å². The second-order valence-electron chi connectivity index (χ2n) is 3.61. The summed E-state index contributed by atoms with van der Waals surface area (Å²) in [5.41, 5.74) is 2.12. The molecule has 14 heavy (non-hydrogen) atoms. The average Bonchev–Trinajstić information content (AvgIpc) is 2.79. The quantitative estimate of drug-likeness (QED) is 0.658. The van der Waals surface area contributed by atoms with Gasteiger partial charge in [-0.05, 0) is 25.0 Å². The van der Waals surface area contributed by atoms with Gasteiger partial charge in [-0.3, -0.25) is 0 Å². The minimum atomic E-state index is 0.229. The SMILES string of the molecule is S=[n+]1occcc1C1=CC2CCC1O2. The van der Waals surface area contributed by atoms with E-state index in [9.17, 15) is 0 Å². The van der Waals surface area contributed by atoms with E-state index in [0.717, 1.165) is 18.5 Å². The van der Waals surface area contributed by atoms with Crippen molar-refractivity contribution in [2.24, 2.45) is 0 Å². The van der Waals surface area contributed by atoms with Crippen molar-refractivity contribution >= 4 is 18.0 Å². The van der Waals surface area contributed by atoms with Crippen LogP contribution in [-0.2, 0) is 4.74 Å². The zero-order valence-corrected chi connectivity index (χ0v) is 8.37. The van der Waals surface area contributed by atoms with Gasteiger partial charge in [0, 0.05) is 6.07 Å². The smallest absolute Gasteiger partial charge is 0.328 e. The van der Waals surface area contributed by atoms with E-state index >= 15 is 0 Å². The topological polar surface area (TPSA) is 28.3 Å². The number of rotatable bonds is 1. The maximum atomic E-state index is 5.70. The summed E-state index contributed by atoms with van der Waals surface area (Å²) in [7, 11) is 0. The number of aromatic nitrogens is 1. The molecule has 2 aliphatic heterocycles. The lowest BCUT2D eigenvalue weighted by Gasteiger charge is -2.04. The van der Waals surface area contributed by atoms with E-state index in [1.54, 1.807) is 6.26 Å². The third kappa shape index (κ3) is 1.14. The molecule has 0 N–H and O–H groups in total. The second-order valence-corrected chi connectivity index (χ2v) is 3.94. The minimum absolute atomic E-state index is 0.229. The van der Waals surface area contributed by atoms with Crippen LogP contribution in [-0.4, -0.2) is 12.2 Å². The molecule has 3 rings (SSSR count). The molecule has 4 heteroatoms. The van der Waals surface area contributed by atoms with Gasteiger partial charge in [0.15, 0.2) is 6.26 Å². The molecule has 0 radical (unpaired) electrons. The van der Waals surface area contributed by atoms with Gasteiger partial charge in [-0.1, -0.05) is 0 Å². The maximum Gasteiger partial charge on any atom is 0.328 e. The van der Waals surface area contributed by atoms with Crippen molar-refractivity contribution in [1.82, 2.24) is 0 Å². The highest BCUT2D eigenvalue weighted by Gasteiger charge is 2.37. The lowest BCUT2D eigenvalue weighted by Crippen LogP contribution is -2.20. The van der Waals surface area contributed by atoms with Crippen molar-refractivity contribution in [2.45, 2.75) is 25.0 Å². The van der Waals surface area contributed by atoms with E-state index in [-0.39, 0.29) is 6.10 Å². The molecule has 3 heterocycles.